The largest absolute Gasteiger partial charge is 0.362 e. The maximum Gasteiger partial charge on any atom is 0.154 e. The smallest absolute Gasteiger partial charge is 0.154 e. The molecule has 16 heavy (non-hydrogen) atoms. The minimum atomic E-state index is -0.0307. The molecule has 0 aromatic heterocycles. The van der Waals surface area contributed by atoms with Gasteiger partial charge in [-0.1, -0.05) is 19.1 Å². The van der Waals surface area contributed by atoms with Crippen LogP contribution in [0.4, 0.5) is 5.69 Å². The van der Waals surface area contributed by atoms with Crippen LogP contribution in [0.15, 0.2) is 24.3 Å². The Bertz CT molecular complexity index is 360. The predicted octanol–water partition coefficient (Wildman–Crippen LogP) is 3.19. The normalized spacial score (nSPS) is 12.2. The fourth-order valence-electron chi connectivity index (χ4n) is 1.96. The third-order valence-corrected chi connectivity index (χ3v) is 2.96. The second-order valence-electron chi connectivity index (χ2n) is 4.12. The first-order valence-corrected chi connectivity index (χ1v) is 5.96. The van der Waals surface area contributed by atoms with E-state index in [-0.39, 0.29) is 6.04 Å². The molecule has 88 valence electrons. The summed E-state index contributed by atoms with van der Waals surface area (Å²) in [6.45, 7) is 8.92. The van der Waals surface area contributed by atoms with Gasteiger partial charge in [0.25, 0.3) is 0 Å². The molecule has 0 aliphatic carbocycles. The Kier molecular flexibility index (Phi) is 4.53. The quantitative estimate of drug-likeness (QED) is 0.758. The molecule has 0 radical (unpaired) electrons. The van der Waals surface area contributed by atoms with Crippen molar-refractivity contribution in [2.24, 2.45) is 0 Å². The lowest BCUT2D eigenvalue weighted by molar-refractivity contribution is -0.119. The fraction of sp³-hybridized carbons (Fsp3) is 0.500. The van der Waals surface area contributed by atoms with Crippen molar-refractivity contribution in [1.82, 2.24) is 0 Å². The maximum atomic E-state index is 11.7. The molecule has 1 rings (SSSR count). The molecule has 1 aromatic carbocycles. The molecule has 0 saturated carbocycles. The zero-order valence-corrected chi connectivity index (χ0v) is 10.7. The number of nitrogens with zero attached hydrogens (tertiary/aromatic N) is 1. The zero-order valence-electron chi connectivity index (χ0n) is 10.7. The summed E-state index contributed by atoms with van der Waals surface area (Å²) in [5.41, 5.74) is 2.36. The third-order valence-electron chi connectivity index (χ3n) is 2.96. The van der Waals surface area contributed by atoms with Gasteiger partial charge in [0.05, 0.1) is 6.04 Å². The van der Waals surface area contributed by atoms with Crippen LogP contribution in [0, 0.1) is 6.92 Å². The van der Waals surface area contributed by atoms with Gasteiger partial charge in [-0.3, -0.25) is 4.79 Å². The molecule has 0 saturated heterocycles. The van der Waals surface area contributed by atoms with E-state index in [1.165, 1.54) is 5.56 Å². The lowest BCUT2D eigenvalue weighted by Gasteiger charge is -2.29. The van der Waals surface area contributed by atoms with Crippen molar-refractivity contribution in [1.29, 1.82) is 0 Å². The number of Topliss-reactive ketones (excluding diaryl/α,β-unsaturated/α-hetero) is 1. The van der Waals surface area contributed by atoms with Crippen LogP contribution in [-0.2, 0) is 4.79 Å². The number of ketones is 1. The monoisotopic (exact) mass is 219 g/mol. The second-order valence-corrected chi connectivity index (χ2v) is 4.12. The van der Waals surface area contributed by atoms with E-state index in [2.05, 4.69) is 36.9 Å². The fourth-order valence-corrected chi connectivity index (χ4v) is 1.96. The van der Waals surface area contributed by atoms with E-state index in [1.807, 2.05) is 19.9 Å². The van der Waals surface area contributed by atoms with Gasteiger partial charge in [-0.15, -0.1) is 0 Å². The molecule has 2 heteroatoms. The lowest BCUT2D eigenvalue weighted by Crippen LogP contribution is -2.38. The highest BCUT2D eigenvalue weighted by Crippen LogP contribution is 2.19. The molecular weight excluding hydrogens is 198 g/mol. The number of carbonyl (C=O) groups is 1. The van der Waals surface area contributed by atoms with Gasteiger partial charge in [0.15, 0.2) is 5.78 Å². The minimum Gasteiger partial charge on any atom is -0.362 e. The standard InChI is InChI=1S/C14H21NO/c1-5-14(16)12(4)15(6-2)13-9-7-8-11(3)10-13/h7-10,12H,5-6H2,1-4H3. The maximum absolute atomic E-state index is 11.7. The van der Waals surface area contributed by atoms with Gasteiger partial charge in [0, 0.05) is 18.7 Å². The van der Waals surface area contributed by atoms with Crippen molar-refractivity contribution < 1.29 is 4.79 Å². The lowest BCUT2D eigenvalue weighted by atomic mass is 10.1. The summed E-state index contributed by atoms with van der Waals surface area (Å²) in [6, 6.07) is 8.27. The first-order chi connectivity index (χ1) is 7.60. The zero-order chi connectivity index (χ0) is 12.1. The number of hydrogen-bond acceptors (Lipinski definition) is 2. The Hall–Kier alpha value is -1.31. The van der Waals surface area contributed by atoms with Crippen LogP contribution < -0.4 is 4.90 Å². The van der Waals surface area contributed by atoms with Crippen molar-refractivity contribution >= 4 is 11.5 Å². The van der Waals surface area contributed by atoms with E-state index in [0.29, 0.717) is 12.2 Å². The average molecular weight is 219 g/mol. The summed E-state index contributed by atoms with van der Waals surface area (Å²) in [4.78, 5) is 13.9. The summed E-state index contributed by atoms with van der Waals surface area (Å²) in [5, 5.41) is 0. The first kappa shape index (κ1) is 12.8. The summed E-state index contributed by atoms with van der Waals surface area (Å²) in [6.07, 6.45) is 0.601. The number of aryl methyl sites for hydroxylation is 1. The minimum absolute atomic E-state index is 0.0307. The highest BCUT2D eigenvalue weighted by molar-refractivity contribution is 5.86. The molecule has 2 nitrogen and oxygen atoms in total. The molecular formula is C14H21NO. The van der Waals surface area contributed by atoms with E-state index in [0.717, 1.165) is 12.2 Å². The van der Waals surface area contributed by atoms with Gasteiger partial charge in [0.2, 0.25) is 0 Å². The average Bonchev–Trinajstić information content (AvgIpc) is 2.29. The van der Waals surface area contributed by atoms with Gasteiger partial charge in [0.1, 0.15) is 0 Å². The van der Waals surface area contributed by atoms with Crippen molar-refractivity contribution in [2.75, 3.05) is 11.4 Å². The summed E-state index contributed by atoms with van der Waals surface area (Å²) >= 11 is 0. The molecule has 1 unspecified atom stereocenters. The summed E-state index contributed by atoms with van der Waals surface area (Å²) < 4.78 is 0. The van der Waals surface area contributed by atoms with Crippen LogP contribution in [0.2, 0.25) is 0 Å². The second kappa shape index (κ2) is 5.69. The molecule has 1 aromatic rings. The van der Waals surface area contributed by atoms with Crippen molar-refractivity contribution in [3.8, 4) is 0 Å². The van der Waals surface area contributed by atoms with E-state index >= 15 is 0 Å². The molecule has 0 bridgehead atoms. The molecule has 0 N–H and O–H groups in total. The summed E-state index contributed by atoms with van der Waals surface area (Å²) in [5.74, 6) is 0.295. The molecule has 1 atom stereocenters. The van der Waals surface area contributed by atoms with Gasteiger partial charge in [-0.2, -0.15) is 0 Å². The van der Waals surface area contributed by atoms with Crippen LogP contribution in [-0.4, -0.2) is 18.4 Å². The number of hydrogen-bond donors (Lipinski definition) is 0. The van der Waals surface area contributed by atoms with Gasteiger partial charge < -0.3 is 4.90 Å². The predicted molar refractivity (Wildman–Crippen MR) is 69.0 cm³/mol. The van der Waals surface area contributed by atoms with Crippen molar-refractivity contribution in [3.63, 3.8) is 0 Å². The highest BCUT2D eigenvalue weighted by Gasteiger charge is 2.18. The SMILES string of the molecule is CCC(=O)C(C)N(CC)c1cccc(C)c1. The Morgan fingerprint density at radius 1 is 1.38 bits per heavy atom. The number of benzene rings is 1. The third kappa shape index (κ3) is 2.84. The van der Waals surface area contributed by atoms with Crippen molar-refractivity contribution in [3.05, 3.63) is 29.8 Å². The van der Waals surface area contributed by atoms with Gasteiger partial charge in [-0.05, 0) is 38.5 Å². The van der Waals surface area contributed by atoms with Crippen LogP contribution >= 0.6 is 0 Å². The Morgan fingerprint density at radius 3 is 2.56 bits per heavy atom. The number of anilines is 1. The van der Waals surface area contributed by atoms with E-state index in [9.17, 15) is 4.79 Å². The molecule has 0 fully saturated rings. The topological polar surface area (TPSA) is 20.3 Å². The first-order valence-electron chi connectivity index (χ1n) is 5.96. The Balaban J connectivity index is 2.94. The van der Waals surface area contributed by atoms with E-state index < -0.39 is 0 Å². The van der Waals surface area contributed by atoms with Crippen LogP contribution in [0.3, 0.4) is 0 Å². The number of carbonyl (C=O) groups excluding carboxylic acids is 1. The van der Waals surface area contributed by atoms with Crippen LogP contribution in [0.1, 0.15) is 32.8 Å². The van der Waals surface area contributed by atoms with E-state index in [1.54, 1.807) is 0 Å². The van der Waals surface area contributed by atoms with Gasteiger partial charge in [-0.25, -0.2) is 0 Å². The highest BCUT2D eigenvalue weighted by atomic mass is 16.1. The van der Waals surface area contributed by atoms with Gasteiger partial charge >= 0.3 is 0 Å². The van der Waals surface area contributed by atoms with Crippen LogP contribution in [0.25, 0.3) is 0 Å². The number of rotatable bonds is 5. The number of likely N-dealkylation sites (N-methyl/N-ethyl adjacent to an activating group) is 1. The molecule has 0 aliphatic rings. The molecule has 0 heterocycles. The van der Waals surface area contributed by atoms with E-state index in [4.69, 9.17) is 0 Å². The van der Waals surface area contributed by atoms with Crippen molar-refractivity contribution in [2.45, 2.75) is 40.2 Å². The molecule has 0 amide bonds. The molecule has 0 aliphatic heterocycles. The molecule has 0 spiro atoms. The Morgan fingerprint density at radius 2 is 2.06 bits per heavy atom. The summed E-state index contributed by atoms with van der Waals surface area (Å²) in [7, 11) is 0. The van der Waals surface area contributed by atoms with Crippen LogP contribution in [0.5, 0.6) is 0 Å². The Labute approximate surface area is 98.3 Å².